The molecule has 0 aliphatic heterocycles. The first-order valence-electron chi connectivity index (χ1n) is 5.44. The van der Waals surface area contributed by atoms with Crippen molar-refractivity contribution >= 4 is 11.9 Å². The first-order chi connectivity index (χ1) is 8.61. The Morgan fingerprint density at radius 1 is 1.28 bits per heavy atom. The van der Waals surface area contributed by atoms with Crippen LogP contribution in [0.3, 0.4) is 0 Å². The van der Waals surface area contributed by atoms with Gasteiger partial charge in [-0.3, -0.25) is 9.59 Å². The molecule has 0 heterocycles. The van der Waals surface area contributed by atoms with Crippen LogP contribution in [0.25, 0.3) is 0 Å². The Hall–Kier alpha value is -2.32. The van der Waals surface area contributed by atoms with Gasteiger partial charge in [-0.2, -0.15) is 0 Å². The lowest BCUT2D eigenvalue weighted by Gasteiger charge is -2.03. The molecule has 0 aliphatic carbocycles. The molecule has 4 nitrogen and oxygen atoms in total. The summed E-state index contributed by atoms with van der Waals surface area (Å²) in [6.07, 6.45) is 3.01. The van der Waals surface area contributed by atoms with Gasteiger partial charge >= 0.3 is 11.9 Å². The predicted octanol–water partition coefficient (Wildman–Crippen LogP) is 2.39. The Labute approximate surface area is 106 Å². The summed E-state index contributed by atoms with van der Waals surface area (Å²) in [6, 6.07) is 6.68. The van der Waals surface area contributed by atoms with Gasteiger partial charge in [-0.25, -0.2) is 0 Å². The minimum Gasteiger partial charge on any atom is -0.427 e. The van der Waals surface area contributed by atoms with E-state index in [2.05, 4.69) is 5.73 Å². The van der Waals surface area contributed by atoms with Crippen molar-refractivity contribution in [2.45, 2.75) is 20.3 Å². The molecule has 1 aromatic rings. The standard InChI is InChI=1S/C14H14O4/c1-3-4-9-17-14(16)10-12-5-7-13(8-6-12)18-11(2)15/h3,5-9H,10H2,1-2H3. The molecule has 0 N–H and O–H groups in total. The number of hydrogen-bond acceptors (Lipinski definition) is 4. The minimum atomic E-state index is -0.376. The van der Waals surface area contributed by atoms with Gasteiger partial charge in [0.25, 0.3) is 0 Å². The molecule has 0 atom stereocenters. The lowest BCUT2D eigenvalue weighted by atomic mass is 10.1. The second-order valence-electron chi connectivity index (χ2n) is 3.48. The summed E-state index contributed by atoms with van der Waals surface area (Å²) >= 11 is 0. The Morgan fingerprint density at radius 2 is 1.94 bits per heavy atom. The van der Waals surface area contributed by atoms with Crippen LogP contribution >= 0.6 is 0 Å². The Bertz CT molecular complexity index is 479. The molecule has 0 radical (unpaired) electrons. The van der Waals surface area contributed by atoms with Gasteiger partial charge in [-0.05, 0) is 30.7 Å². The molecule has 0 saturated carbocycles. The minimum absolute atomic E-state index is 0.155. The van der Waals surface area contributed by atoms with Gasteiger partial charge in [0.05, 0.1) is 6.42 Å². The van der Waals surface area contributed by atoms with Gasteiger partial charge in [-0.1, -0.05) is 17.9 Å². The van der Waals surface area contributed by atoms with Crippen LogP contribution in [0.1, 0.15) is 19.4 Å². The predicted molar refractivity (Wildman–Crippen MR) is 65.9 cm³/mol. The third kappa shape index (κ3) is 5.14. The van der Waals surface area contributed by atoms with Crippen LogP contribution in [0, 0.1) is 0 Å². The molecule has 94 valence electrons. The molecule has 1 aromatic carbocycles. The van der Waals surface area contributed by atoms with Gasteiger partial charge < -0.3 is 9.47 Å². The average molecular weight is 246 g/mol. The lowest BCUT2D eigenvalue weighted by molar-refractivity contribution is -0.137. The van der Waals surface area contributed by atoms with E-state index in [-0.39, 0.29) is 18.4 Å². The molecule has 0 aromatic heterocycles. The number of carbonyl (C=O) groups excluding carboxylic acids is 2. The Kier molecular flexibility index (Phi) is 5.42. The summed E-state index contributed by atoms with van der Waals surface area (Å²) in [5.41, 5.74) is 3.43. The van der Waals surface area contributed by atoms with E-state index in [0.29, 0.717) is 5.75 Å². The molecule has 4 heteroatoms. The molecule has 0 amide bonds. The van der Waals surface area contributed by atoms with Crippen LogP contribution in [-0.4, -0.2) is 11.9 Å². The van der Waals surface area contributed by atoms with E-state index >= 15 is 0 Å². The van der Waals surface area contributed by atoms with E-state index in [9.17, 15) is 9.59 Å². The molecule has 0 aliphatic rings. The fourth-order valence-corrected chi connectivity index (χ4v) is 1.22. The van der Waals surface area contributed by atoms with E-state index in [4.69, 9.17) is 9.47 Å². The number of carbonyl (C=O) groups is 2. The summed E-state index contributed by atoms with van der Waals surface area (Å²) < 4.78 is 9.67. The Balaban J connectivity index is 2.55. The van der Waals surface area contributed by atoms with Crippen molar-refractivity contribution in [1.82, 2.24) is 0 Å². The van der Waals surface area contributed by atoms with Crippen molar-refractivity contribution in [1.29, 1.82) is 0 Å². The lowest BCUT2D eigenvalue weighted by Crippen LogP contribution is -2.04. The van der Waals surface area contributed by atoms with Crippen LogP contribution in [0.15, 0.2) is 42.3 Å². The van der Waals surface area contributed by atoms with Crippen molar-refractivity contribution in [2.75, 3.05) is 0 Å². The number of esters is 2. The molecule has 0 fully saturated rings. The summed E-state index contributed by atoms with van der Waals surface area (Å²) in [6.45, 7) is 3.11. The highest BCUT2D eigenvalue weighted by atomic mass is 16.5. The number of allylic oxidation sites excluding steroid dienone is 1. The maximum absolute atomic E-state index is 11.4. The molecule has 0 spiro atoms. The van der Waals surface area contributed by atoms with Crippen LogP contribution in [0.2, 0.25) is 0 Å². The summed E-state index contributed by atoms with van der Waals surface area (Å²) in [5.74, 6) is -0.295. The number of benzene rings is 1. The monoisotopic (exact) mass is 246 g/mol. The van der Waals surface area contributed by atoms with Gasteiger partial charge in [-0.15, -0.1) is 0 Å². The third-order valence-corrected chi connectivity index (χ3v) is 1.96. The van der Waals surface area contributed by atoms with Gasteiger partial charge in [0, 0.05) is 6.92 Å². The van der Waals surface area contributed by atoms with Crippen molar-refractivity contribution < 1.29 is 19.1 Å². The molecule has 0 unspecified atom stereocenters. The normalized spacial score (nSPS) is 9.00. The van der Waals surface area contributed by atoms with Crippen molar-refractivity contribution in [3.63, 3.8) is 0 Å². The topological polar surface area (TPSA) is 52.6 Å². The molecule has 1 rings (SSSR count). The number of hydrogen-bond donors (Lipinski definition) is 0. The van der Waals surface area contributed by atoms with Gasteiger partial charge in [0.15, 0.2) is 0 Å². The first kappa shape index (κ1) is 13.7. The van der Waals surface area contributed by atoms with E-state index in [1.807, 2.05) is 0 Å². The fraction of sp³-hybridized carbons (Fsp3) is 0.214. The largest absolute Gasteiger partial charge is 0.427 e. The average Bonchev–Trinajstić information content (AvgIpc) is 2.31. The summed E-state index contributed by atoms with van der Waals surface area (Å²) in [5, 5.41) is 0. The molecular weight excluding hydrogens is 232 g/mol. The van der Waals surface area contributed by atoms with Crippen molar-refractivity contribution in [3.8, 4) is 5.75 Å². The molecule has 0 bridgehead atoms. The van der Waals surface area contributed by atoms with E-state index in [1.54, 1.807) is 37.3 Å². The van der Waals surface area contributed by atoms with Crippen LogP contribution < -0.4 is 4.74 Å². The van der Waals surface area contributed by atoms with E-state index < -0.39 is 0 Å². The molecule has 0 saturated heterocycles. The van der Waals surface area contributed by atoms with E-state index in [0.717, 1.165) is 5.56 Å². The SMILES string of the molecule is CC=C=COC(=O)Cc1ccc(OC(C)=O)cc1. The molecular formula is C14H14O4. The van der Waals surface area contributed by atoms with Gasteiger partial charge in [0.1, 0.15) is 12.0 Å². The summed E-state index contributed by atoms with van der Waals surface area (Å²) in [7, 11) is 0. The molecule has 18 heavy (non-hydrogen) atoms. The van der Waals surface area contributed by atoms with Gasteiger partial charge in [0.2, 0.25) is 0 Å². The second-order valence-corrected chi connectivity index (χ2v) is 3.48. The Morgan fingerprint density at radius 3 is 2.50 bits per heavy atom. The second kappa shape index (κ2) is 7.09. The first-order valence-corrected chi connectivity index (χ1v) is 5.44. The van der Waals surface area contributed by atoms with Crippen LogP contribution in [0.5, 0.6) is 5.75 Å². The highest BCUT2D eigenvalue weighted by Crippen LogP contribution is 2.13. The summed E-state index contributed by atoms with van der Waals surface area (Å²) in [4.78, 5) is 22.1. The van der Waals surface area contributed by atoms with Crippen molar-refractivity contribution in [3.05, 3.63) is 47.9 Å². The fourth-order valence-electron chi connectivity index (χ4n) is 1.22. The smallest absolute Gasteiger partial charge is 0.315 e. The highest BCUT2D eigenvalue weighted by molar-refractivity contribution is 5.73. The zero-order valence-electron chi connectivity index (χ0n) is 10.3. The van der Waals surface area contributed by atoms with Crippen molar-refractivity contribution in [2.24, 2.45) is 0 Å². The maximum atomic E-state index is 11.4. The third-order valence-electron chi connectivity index (χ3n) is 1.96. The van der Waals surface area contributed by atoms with Crippen LogP contribution in [0.4, 0.5) is 0 Å². The zero-order chi connectivity index (χ0) is 13.4. The maximum Gasteiger partial charge on any atom is 0.315 e. The number of rotatable bonds is 4. The zero-order valence-corrected chi connectivity index (χ0v) is 10.3. The van der Waals surface area contributed by atoms with Crippen LogP contribution in [-0.2, 0) is 20.7 Å². The highest BCUT2D eigenvalue weighted by Gasteiger charge is 2.04. The number of ether oxygens (including phenoxy) is 2. The van der Waals surface area contributed by atoms with E-state index in [1.165, 1.54) is 13.2 Å². The quantitative estimate of drug-likeness (QED) is 0.354.